The summed E-state index contributed by atoms with van der Waals surface area (Å²) in [6.07, 6.45) is 4.10. The maximum atomic E-state index is 5.61. The van der Waals surface area contributed by atoms with Gasteiger partial charge in [0.2, 0.25) is 0 Å². The quantitative estimate of drug-likeness (QED) is 0.658. The van der Waals surface area contributed by atoms with Crippen molar-refractivity contribution in [2.75, 3.05) is 27.2 Å². The Hall–Kier alpha value is -0.0800. The van der Waals surface area contributed by atoms with Crippen molar-refractivity contribution in [3.63, 3.8) is 0 Å². The number of nitrogens with two attached hydrogens (primary N) is 1. The molecule has 0 heterocycles. The first-order valence-electron chi connectivity index (χ1n) is 4.57. The predicted molar refractivity (Wildman–Crippen MR) is 48.4 cm³/mol. The van der Waals surface area contributed by atoms with Gasteiger partial charge in [0.1, 0.15) is 0 Å². The van der Waals surface area contributed by atoms with E-state index in [-0.39, 0.29) is 0 Å². The fourth-order valence-electron chi connectivity index (χ4n) is 2.07. The SMILES string of the molecule is CN(C)CC1CCC(CN)C1. The summed E-state index contributed by atoms with van der Waals surface area (Å²) in [4.78, 5) is 2.28. The summed E-state index contributed by atoms with van der Waals surface area (Å²) in [5.74, 6) is 1.73. The second kappa shape index (κ2) is 4.07. The van der Waals surface area contributed by atoms with E-state index in [1.807, 2.05) is 0 Å². The maximum absolute atomic E-state index is 5.61. The molecule has 0 amide bonds. The Morgan fingerprint density at radius 1 is 1.27 bits per heavy atom. The van der Waals surface area contributed by atoms with Gasteiger partial charge in [-0.2, -0.15) is 0 Å². The Labute approximate surface area is 69.8 Å². The highest BCUT2D eigenvalue weighted by molar-refractivity contribution is 4.77. The molecular formula is C9H20N2. The molecule has 2 nitrogen and oxygen atoms in total. The molecule has 1 fully saturated rings. The van der Waals surface area contributed by atoms with E-state index in [9.17, 15) is 0 Å². The van der Waals surface area contributed by atoms with Crippen LogP contribution in [0.5, 0.6) is 0 Å². The molecule has 0 aromatic carbocycles. The van der Waals surface area contributed by atoms with Crippen LogP contribution in [0.4, 0.5) is 0 Å². The van der Waals surface area contributed by atoms with Gasteiger partial charge in [0.25, 0.3) is 0 Å². The van der Waals surface area contributed by atoms with Crippen molar-refractivity contribution < 1.29 is 0 Å². The smallest absolute Gasteiger partial charge is 0.000367 e. The Kier molecular flexibility index (Phi) is 3.34. The van der Waals surface area contributed by atoms with Crippen molar-refractivity contribution in [3.05, 3.63) is 0 Å². The van der Waals surface area contributed by atoms with Gasteiger partial charge >= 0.3 is 0 Å². The van der Waals surface area contributed by atoms with Gasteiger partial charge in [-0.15, -0.1) is 0 Å². The second-order valence-electron chi connectivity index (χ2n) is 4.04. The van der Waals surface area contributed by atoms with Crippen molar-refractivity contribution in [2.24, 2.45) is 17.6 Å². The summed E-state index contributed by atoms with van der Waals surface area (Å²) < 4.78 is 0. The third kappa shape index (κ3) is 2.80. The molecule has 66 valence electrons. The van der Waals surface area contributed by atoms with E-state index in [0.29, 0.717) is 0 Å². The number of hydrogen-bond donors (Lipinski definition) is 1. The van der Waals surface area contributed by atoms with E-state index in [1.54, 1.807) is 0 Å². The third-order valence-corrected chi connectivity index (χ3v) is 2.61. The molecule has 0 radical (unpaired) electrons. The highest BCUT2D eigenvalue weighted by Crippen LogP contribution is 2.30. The molecule has 2 atom stereocenters. The molecule has 0 aromatic heterocycles. The molecule has 2 unspecified atom stereocenters. The molecule has 1 saturated carbocycles. The van der Waals surface area contributed by atoms with Gasteiger partial charge in [0, 0.05) is 6.54 Å². The summed E-state index contributed by atoms with van der Waals surface area (Å²) in [5, 5.41) is 0. The highest BCUT2D eigenvalue weighted by atomic mass is 15.1. The van der Waals surface area contributed by atoms with Crippen LogP contribution in [0.15, 0.2) is 0 Å². The van der Waals surface area contributed by atoms with Crippen molar-refractivity contribution in [3.8, 4) is 0 Å². The molecule has 0 aromatic rings. The minimum atomic E-state index is 0.819. The van der Waals surface area contributed by atoms with Crippen molar-refractivity contribution in [1.29, 1.82) is 0 Å². The Bertz CT molecular complexity index is 112. The minimum Gasteiger partial charge on any atom is -0.330 e. The highest BCUT2D eigenvalue weighted by Gasteiger charge is 2.23. The lowest BCUT2D eigenvalue weighted by Gasteiger charge is -2.15. The molecule has 1 aliphatic rings. The molecule has 1 rings (SSSR count). The largest absolute Gasteiger partial charge is 0.330 e. The van der Waals surface area contributed by atoms with Crippen molar-refractivity contribution in [2.45, 2.75) is 19.3 Å². The van der Waals surface area contributed by atoms with Gasteiger partial charge in [-0.05, 0) is 51.7 Å². The Morgan fingerprint density at radius 3 is 2.36 bits per heavy atom. The first-order chi connectivity index (χ1) is 5.22. The average Bonchev–Trinajstić information content (AvgIpc) is 2.34. The number of hydrogen-bond acceptors (Lipinski definition) is 2. The van der Waals surface area contributed by atoms with Crippen LogP contribution in [0.1, 0.15) is 19.3 Å². The van der Waals surface area contributed by atoms with Gasteiger partial charge in [-0.3, -0.25) is 0 Å². The third-order valence-electron chi connectivity index (χ3n) is 2.61. The van der Waals surface area contributed by atoms with Gasteiger partial charge in [-0.25, -0.2) is 0 Å². The zero-order chi connectivity index (χ0) is 8.27. The molecule has 2 heteroatoms. The maximum Gasteiger partial charge on any atom is 0.000367 e. The summed E-state index contributed by atoms with van der Waals surface area (Å²) in [6.45, 7) is 2.14. The average molecular weight is 156 g/mol. The van der Waals surface area contributed by atoms with Gasteiger partial charge < -0.3 is 10.6 Å². The van der Waals surface area contributed by atoms with Crippen LogP contribution in [0, 0.1) is 11.8 Å². The van der Waals surface area contributed by atoms with E-state index >= 15 is 0 Å². The lowest BCUT2D eigenvalue weighted by molar-refractivity contribution is 0.322. The number of rotatable bonds is 3. The summed E-state index contributed by atoms with van der Waals surface area (Å²) in [6, 6.07) is 0. The van der Waals surface area contributed by atoms with Crippen LogP contribution in [-0.2, 0) is 0 Å². The standard InChI is InChI=1S/C9H20N2/c1-11(2)7-9-4-3-8(5-9)6-10/h8-9H,3-7,10H2,1-2H3. The summed E-state index contributed by atoms with van der Waals surface area (Å²) >= 11 is 0. The molecule has 0 spiro atoms. The molecule has 11 heavy (non-hydrogen) atoms. The Morgan fingerprint density at radius 2 is 1.91 bits per heavy atom. The first-order valence-corrected chi connectivity index (χ1v) is 4.57. The minimum absolute atomic E-state index is 0.819. The Balaban J connectivity index is 2.19. The van der Waals surface area contributed by atoms with Crippen LogP contribution in [0.2, 0.25) is 0 Å². The molecule has 0 saturated heterocycles. The van der Waals surface area contributed by atoms with Crippen LogP contribution in [0.3, 0.4) is 0 Å². The zero-order valence-electron chi connectivity index (χ0n) is 7.71. The van der Waals surface area contributed by atoms with E-state index < -0.39 is 0 Å². The van der Waals surface area contributed by atoms with Gasteiger partial charge in [0.05, 0.1) is 0 Å². The molecular weight excluding hydrogens is 136 g/mol. The molecule has 1 aliphatic carbocycles. The first kappa shape index (κ1) is 9.01. The predicted octanol–water partition coefficient (Wildman–Crippen LogP) is 0.923. The summed E-state index contributed by atoms with van der Waals surface area (Å²) in [5.41, 5.74) is 5.61. The van der Waals surface area contributed by atoms with E-state index in [2.05, 4.69) is 19.0 Å². The number of nitrogens with zero attached hydrogens (tertiary/aromatic N) is 1. The molecule has 0 aliphatic heterocycles. The topological polar surface area (TPSA) is 29.3 Å². The lowest BCUT2D eigenvalue weighted by atomic mass is 10.1. The van der Waals surface area contributed by atoms with Crippen LogP contribution in [0.25, 0.3) is 0 Å². The fourth-order valence-corrected chi connectivity index (χ4v) is 2.07. The van der Waals surface area contributed by atoms with Gasteiger partial charge in [-0.1, -0.05) is 0 Å². The zero-order valence-corrected chi connectivity index (χ0v) is 7.71. The van der Waals surface area contributed by atoms with E-state index in [0.717, 1.165) is 18.4 Å². The van der Waals surface area contributed by atoms with Crippen LogP contribution >= 0.6 is 0 Å². The second-order valence-corrected chi connectivity index (χ2v) is 4.04. The van der Waals surface area contributed by atoms with Crippen LogP contribution < -0.4 is 5.73 Å². The van der Waals surface area contributed by atoms with E-state index in [4.69, 9.17) is 5.73 Å². The lowest BCUT2D eigenvalue weighted by Crippen LogP contribution is -2.20. The molecule has 0 bridgehead atoms. The van der Waals surface area contributed by atoms with Crippen molar-refractivity contribution >= 4 is 0 Å². The normalized spacial score (nSPS) is 31.6. The van der Waals surface area contributed by atoms with Crippen LogP contribution in [-0.4, -0.2) is 32.1 Å². The molecule has 2 N–H and O–H groups in total. The van der Waals surface area contributed by atoms with Gasteiger partial charge in [0.15, 0.2) is 0 Å². The van der Waals surface area contributed by atoms with Crippen molar-refractivity contribution in [1.82, 2.24) is 4.90 Å². The summed E-state index contributed by atoms with van der Waals surface area (Å²) in [7, 11) is 4.30. The van der Waals surface area contributed by atoms with E-state index in [1.165, 1.54) is 25.8 Å². The monoisotopic (exact) mass is 156 g/mol. The fraction of sp³-hybridized carbons (Fsp3) is 1.00.